The number of urea groups is 1. The smallest absolute Gasteiger partial charge is 0.321 e. The Bertz CT molecular complexity index is 1440. The largest absolute Gasteiger partial charge is 0.351 e. The van der Waals surface area contributed by atoms with Gasteiger partial charge in [0.25, 0.3) is 0 Å². The molecule has 2 amide bonds. The van der Waals surface area contributed by atoms with Gasteiger partial charge in [-0.1, -0.05) is 101 Å². The molecule has 1 aliphatic rings. The van der Waals surface area contributed by atoms with E-state index in [2.05, 4.69) is 87.0 Å². The third-order valence-electron chi connectivity index (χ3n) is 8.07. The second-order valence-electron chi connectivity index (χ2n) is 11.4. The number of carbonyl (C=O) groups is 1. The highest BCUT2D eigenvalue weighted by Gasteiger charge is 2.38. The fraction of sp³-hybridized carbons (Fsp3) is 0.353. The Kier molecular flexibility index (Phi) is 7.87. The second kappa shape index (κ2) is 11.5. The molecule has 5 rings (SSSR count). The van der Waals surface area contributed by atoms with Gasteiger partial charge in [0.05, 0.1) is 5.69 Å². The van der Waals surface area contributed by atoms with Crippen LogP contribution in [0.2, 0.25) is 0 Å². The van der Waals surface area contributed by atoms with Gasteiger partial charge in [-0.25, -0.2) is 9.78 Å². The van der Waals surface area contributed by atoms with Gasteiger partial charge in [-0.05, 0) is 59.4 Å². The Morgan fingerprint density at radius 1 is 0.923 bits per heavy atom. The fourth-order valence-electron chi connectivity index (χ4n) is 6.17. The SMILES string of the molecule is CC(C)c1cccc(C(C)C)c1N(C(N)=O)C(C1CCCC1)n1cc(C=Cc2ccccc2)c2cccnc21. The maximum atomic E-state index is 13.6. The number of carbonyl (C=O) groups excluding carboxylic acids is 1. The van der Waals surface area contributed by atoms with Crippen molar-refractivity contribution in [3.05, 3.63) is 95.3 Å². The van der Waals surface area contributed by atoms with Crippen molar-refractivity contribution >= 4 is 34.9 Å². The Hall–Kier alpha value is -3.86. The highest BCUT2D eigenvalue weighted by Crippen LogP contribution is 2.45. The minimum atomic E-state index is -0.416. The van der Waals surface area contributed by atoms with Crippen molar-refractivity contribution in [3.63, 3.8) is 0 Å². The third kappa shape index (κ3) is 5.36. The summed E-state index contributed by atoms with van der Waals surface area (Å²) in [5.41, 5.74) is 12.7. The van der Waals surface area contributed by atoms with E-state index in [0.29, 0.717) is 0 Å². The number of amides is 2. The Balaban J connectivity index is 1.73. The number of primary amides is 1. The van der Waals surface area contributed by atoms with Crippen LogP contribution >= 0.6 is 0 Å². The zero-order valence-corrected chi connectivity index (χ0v) is 23.5. The van der Waals surface area contributed by atoms with E-state index in [9.17, 15) is 4.79 Å². The number of pyridine rings is 1. The molecule has 39 heavy (non-hydrogen) atoms. The van der Waals surface area contributed by atoms with Gasteiger partial charge in [0.15, 0.2) is 0 Å². The first kappa shape index (κ1) is 26.7. The molecule has 1 atom stereocenters. The molecule has 0 radical (unpaired) electrons. The molecular formula is C34H40N4O. The van der Waals surface area contributed by atoms with Crippen LogP contribution in [0.1, 0.15) is 93.6 Å². The molecule has 5 nitrogen and oxygen atoms in total. The van der Waals surface area contributed by atoms with Crippen LogP contribution in [0.4, 0.5) is 10.5 Å². The molecule has 4 aromatic rings. The first-order chi connectivity index (χ1) is 18.9. The summed E-state index contributed by atoms with van der Waals surface area (Å²) in [7, 11) is 0. The predicted molar refractivity (Wildman–Crippen MR) is 163 cm³/mol. The molecule has 1 saturated carbocycles. The molecule has 2 N–H and O–H groups in total. The lowest BCUT2D eigenvalue weighted by atomic mass is 9.90. The minimum absolute atomic E-state index is 0.244. The van der Waals surface area contributed by atoms with E-state index in [4.69, 9.17) is 10.7 Å². The van der Waals surface area contributed by atoms with Crippen LogP contribution in [0.15, 0.2) is 73.1 Å². The molecular weight excluding hydrogens is 480 g/mol. The molecule has 2 heterocycles. The number of para-hydroxylation sites is 1. The van der Waals surface area contributed by atoms with Crippen LogP contribution in [0.3, 0.4) is 0 Å². The van der Waals surface area contributed by atoms with E-state index in [1.54, 1.807) is 0 Å². The Morgan fingerprint density at radius 3 is 2.21 bits per heavy atom. The van der Waals surface area contributed by atoms with Gasteiger partial charge in [-0.3, -0.25) is 4.90 Å². The van der Waals surface area contributed by atoms with Crippen LogP contribution in [0.25, 0.3) is 23.2 Å². The highest BCUT2D eigenvalue weighted by atomic mass is 16.2. The molecule has 5 heteroatoms. The van der Waals surface area contributed by atoms with Gasteiger partial charge < -0.3 is 10.3 Å². The van der Waals surface area contributed by atoms with Crippen molar-refractivity contribution < 1.29 is 4.79 Å². The monoisotopic (exact) mass is 520 g/mol. The summed E-state index contributed by atoms with van der Waals surface area (Å²) in [5.74, 6) is 0.767. The van der Waals surface area contributed by atoms with E-state index in [1.165, 1.54) is 0 Å². The number of fused-ring (bicyclic) bond motifs is 1. The van der Waals surface area contributed by atoms with Crippen LogP contribution in [-0.4, -0.2) is 15.6 Å². The quantitative estimate of drug-likeness (QED) is 0.252. The van der Waals surface area contributed by atoms with Gasteiger partial charge in [0.1, 0.15) is 11.8 Å². The van der Waals surface area contributed by atoms with E-state index in [-0.39, 0.29) is 23.9 Å². The summed E-state index contributed by atoms with van der Waals surface area (Å²) in [6.07, 6.45) is 12.4. The molecule has 2 aromatic heterocycles. The lowest BCUT2D eigenvalue weighted by molar-refractivity contribution is 0.240. The van der Waals surface area contributed by atoms with E-state index >= 15 is 0 Å². The van der Waals surface area contributed by atoms with Crippen molar-refractivity contribution in [2.45, 2.75) is 71.4 Å². The van der Waals surface area contributed by atoms with Gasteiger partial charge in [0, 0.05) is 23.3 Å². The van der Waals surface area contributed by atoms with E-state index in [0.717, 1.165) is 64.7 Å². The number of aromatic nitrogens is 2. The van der Waals surface area contributed by atoms with Gasteiger partial charge >= 0.3 is 6.03 Å². The molecule has 0 bridgehead atoms. The number of anilines is 1. The molecule has 0 spiro atoms. The standard InChI is InChI=1S/C34H40N4O/c1-23(2)28-16-10-17-29(24(3)4)31(28)38(34(35)39)33(26-14-8-9-15-26)37-22-27(30-18-11-21-36-32(30)37)20-19-25-12-6-5-7-13-25/h5-7,10-13,16-24,26,33H,8-9,14-15H2,1-4H3,(H2,35,39). The lowest BCUT2D eigenvalue weighted by Gasteiger charge is -2.39. The zero-order valence-electron chi connectivity index (χ0n) is 23.5. The van der Waals surface area contributed by atoms with Crippen molar-refractivity contribution in [2.24, 2.45) is 11.7 Å². The number of nitrogens with two attached hydrogens (primary N) is 1. The first-order valence-corrected chi connectivity index (χ1v) is 14.3. The predicted octanol–water partition coefficient (Wildman–Crippen LogP) is 8.73. The van der Waals surface area contributed by atoms with Crippen LogP contribution in [0, 0.1) is 5.92 Å². The van der Waals surface area contributed by atoms with E-state index in [1.807, 2.05) is 35.4 Å². The molecule has 2 aromatic carbocycles. The third-order valence-corrected chi connectivity index (χ3v) is 8.07. The fourth-order valence-corrected chi connectivity index (χ4v) is 6.17. The summed E-state index contributed by atoms with van der Waals surface area (Å²) >= 11 is 0. The molecule has 1 unspecified atom stereocenters. The number of hydrogen-bond acceptors (Lipinski definition) is 2. The molecule has 202 valence electrons. The summed E-state index contributed by atoms with van der Waals surface area (Å²) in [6, 6.07) is 20.4. The zero-order chi connectivity index (χ0) is 27.5. The maximum Gasteiger partial charge on any atom is 0.321 e. The normalized spacial score (nSPS) is 15.1. The average Bonchev–Trinajstić information content (AvgIpc) is 3.59. The topological polar surface area (TPSA) is 64.2 Å². The number of benzene rings is 2. The number of rotatable bonds is 8. The van der Waals surface area contributed by atoms with Gasteiger partial charge in [-0.15, -0.1) is 0 Å². The minimum Gasteiger partial charge on any atom is -0.351 e. The molecule has 1 aliphatic carbocycles. The molecule has 0 aliphatic heterocycles. The average molecular weight is 521 g/mol. The van der Waals surface area contributed by atoms with Crippen molar-refractivity contribution in [2.75, 3.05) is 4.90 Å². The van der Waals surface area contributed by atoms with Crippen molar-refractivity contribution in [1.29, 1.82) is 0 Å². The van der Waals surface area contributed by atoms with Gasteiger partial charge in [-0.2, -0.15) is 0 Å². The maximum absolute atomic E-state index is 13.6. The van der Waals surface area contributed by atoms with Crippen molar-refractivity contribution in [3.8, 4) is 0 Å². The Morgan fingerprint density at radius 2 is 1.59 bits per heavy atom. The summed E-state index contributed by atoms with van der Waals surface area (Å²) in [4.78, 5) is 20.3. The number of hydrogen-bond donors (Lipinski definition) is 1. The summed E-state index contributed by atoms with van der Waals surface area (Å²) < 4.78 is 2.22. The van der Waals surface area contributed by atoms with Crippen molar-refractivity contribution in [1.82, 2.24) is 9.55 Å². The van der Waals surface area contributed by atoms with Crippen LogP contribution in [-0.2, 0) is 0 Å². The highest BCUT2D eigenvalue weighted by molar-refractivity contribution is 5.95. The lowest BCUT2D eigenvalue weighted by Crippen LogP contribution is -2.45. The molecule has 0 saturated heterocycles. The van der Waals surface area contributed by atoms with Gasteiger partial charge in [0.2, 0.25) is 0 Å². The summed E-state index contributed by atoms with van der Waals surface area (Å²) in [6.45, 7) is 8.75. The second-order valence-corrected chi connectivity index (χ2v) is 11.4. The molecule has 1 fully saturated rings. The van der Waals surface area contributed by atoms with Crippen LogP contribution in [0.5, 0.6) is 0 Å². The first-order valence-electron chi connectivity index (χ1n) is 14.3. The number of nitrogens with zero attached hydrogens (tertiary/aromatic N) is 3. The van der Waals surface area contributed by atoms with Crippen LogP contribution < -0.4 is 10.6 Å². The van der Waals surface area contributed by atoms with E-state index < -0.39 is 6.03 Å². The summed E-state index contributed by atoms with van der Waals surface area (Å²) in [5, 5.41) is 1.07. The Labute approximate surface area is 232 Å².